The molecule has 5 heteroatoms. The molecule has 1 aliphatic heterocycles. The van der Waals surface area contributed by atoms with Gasteiger partial charge < -0.3 is 10.6 Å². The van der Waals surface area contributed by atoms with Crippen molar-refractivity contribution < 1.29 is 0 Å². The van der Waals surface area contributed by atoms with Gasteiger partial charge in [0.1, 0.15) is 0 Å². The largest absolute Gasteiger partial charge is 0.366 e. The quantitative estimate of drug-likeness (QED) is 0.741. The first-order valence-electron chi connectivity index (χ1n) is 7.15. The number of nitrogen functional groups attached to an aromatic ring is 1. The number of rotatable bonds is 1. The lowest BCUT2D eigenvalue weighted by Crippen LogP contribution is -2.30. The molecule has 2 N–H and O–H groups in total. The van der Waals surface area contributed by atoms with Crippen LogP contribution in [0.25, 0.3) is 5.65 Å². The highest BCUT2D eigenvalue weighted by molar-refractivity contribution is 5.59. The van der Waals surface area contributed by atoms with Crippen molar-refractivity contribution in [1.82, 2.24) is 14.6 Å². The molecule has 4 rings (SSSR count). The summed E-state index contributed by atoms with van der Waals surface area (Å²) in [6.07, 6.45) is 3.09. The topological polar surface area (TPSA) is 59.5 Å². The molecule has 0 radical (unpaired) electrons. The second-order valence-electron chi connectivity index (χ2n) is 5.56. The molecule has 0 unspecified atom stereocenters. The minimum absolute atomic E-state index is 0.319. The Morgan fingerprint density at radius 1 is 1.19 bits per heavy atom. The summed E-state index contributed by atoms with van der Waals surface area (Å²) in [6, 6.07) is 10.8. The van der Waals surface area contributed by atoms with Crippen LogP contribution in [0, 0.1) is 6.92 Å². The van der Waals surface area contributed by atoms with Crippen molar-refractivity contribution in [2.45, 2.75) is 19.9 Å². The Morgan fingerprint density at radius 3 is 2.86 bits per heavy atom. The average Bonchev–Trinajstić information content (AvgIpc) is 2.88. The van der Waals surface area contributed by atoms with Crippen molar-refractivity contribution in [3.05, 3.63) is 53.2 Å². The van der Waals surface area contributed by atoms with Gasteiger partial charge >= 0.3 is 0 Å². The molecule has 2 aromatic heterocycles. The number of pyridine rings is 1. The minimum atomic E-state index is 0.319. The van der Waals surface area contributed by atoms with E-state index < -0.39 is 0 Å². The molecule has 0 saturated carbocycles. The molecule has 0 saturated heterocycles. The second-order valence-corrected chi connectivity index (χ2v) is 5.56. The first kappa shape index (κ1) is 12.2. The van der Waals surface area contributed by atoms with E-state index in [1.807, 2.05) is 13.1 Å². The molecule has 3 aromatic rings. The van der Waals surface area contributed by atoms with E-state index in [0.29, 0.717) is 5.95 Å². The maximum atomic E-state index is 5.69. The Kier molecular flexibility index (Phi) is 2.60. The SMILES string of the molecule is Cc1cc(N2CCc3ccccc3C2)cn2nc(N)nc12. The van der Waals surface area contributed by atoms with Crippen LogP contribution >= 0.6 is 0 Å². The van der Waals surface area contributed by atoms with Crippen LogP contribution in [-0.4, -0.2) is 21.1 Å². The van der Waals surface area contributed by atoms with Crippen molar-refractivity contribution >= 4 is 17.3 Å². The number of anilines is 2. The van der Waals surface area contributed by atoms with Gasteiger partial charge in [-0.1, -0.05) is 24.3 Å². The number of benzene rings is 1. The first-order chi connectivity index (χ1) is 10.2. The van der Waals surface area contributed by atoms with E-state index in [0.717, 1.165) is 30.7 Å². The van der Waals surface area contributed by atoms with Gasteiger partial charge in [0.05, 0.1) is 11.9 Å². The second kappa shape index (κ2) is 4.48. The zero-order valence-corrected chi connectivity index (χ0v) is 12.0. The molecule has 21 heavy (non-hydrogen) atoms. The third-order valence-corrected chi connectivity index (χ3v) is 4.12. The molecule has 3 heterocycles. The van der Waals surface area contributed by atoms with Crippen molar-refractivity contribution in [2.24, 2.45) is 0 Å². The van der Waals surface area contributed by atoms with Crippen molar-refractivity contribution in [2.75, 3.05) is 17.2 Å². The lowest BCUT2D eigenvalue weighted by atomic mass is 9.99. The van der Waals surface area contributed by atoms with Gasteiger partial charge in [0.2, 0.25) is 5.95 Å². The third-order valence-electron chi connectivity index (χ3n) is 4.12. The Morgan fingerprint density at radius 2 is 2.00 bits per heavy atom. The van der Waals surface area contributed by atoms with E-state index in [1.165, 1.54) is 16.8 Å². The van der Waals surface area contributed by atoms with Crippen LogP contribution in [0.15, 0.2) is 36.5 Å². The van der Waals surface area contributed by atoms with Crippen LogP contribution in [0.3, 0.4) is 0 Å². The Bertz CT molecular complexity index is 821. The molecular weight excluding hydrogens is 262 g/mol. The summed E-state index contributed by atoms with van der Waals surface area (Å²) in [7, 11) is 0. The first-order valence-corrected chi connectivity index (χ1v) is 7.15. The number of nitrogens with two attached hydrogens (primary N) is 1. The molecule has 0 atom stereocenters. The van der Waals surface area contributed by atoms with Gasteiger partial charge in [-0.2, -0.15) is 4.98 Å². The molecule has 1 aromatic carbocycles. The summed E-state index contributed by atoms with van der Waals surface area (Å²) >= 11 is 0. The van der Waals surface area contributed by atoms with Crippen molar-refractivity contribution in [1.29, 1.82) is 0 Å². The summed E-state index contributed by atoms with van der Waals surface area (Å²) < 4.78 is 1.78. The lowest BCUT2D eigenvalue weighted by molar-refractivity contribution is 0.727. The van der Waals surface area contributed by atoms with Crippen molar-refractivity contribution in [3.63, 3.8) is 0 Å². The summed E-state index contributed by atoms with van der Waals surface area (Å²) in [5.41, 5.74) is 11.6. The third kappa shape index (κ3) is 2.01. The van der Waals surface area contributed by atoms with Crippen LogP contribution in [0.1, 0.15) is 16.7 Å². The van der Waals surface area contributed by atoms with E-state index in [9.17, 15) is 0 Å². The number of hydrogen-bond acceptors (Lipinski definition) is 4. The average molecular weight is 279 g/mol. The lowest BCUT2D eigenvalue weighted by Gasteiger charge is -2.30. The number of aromatic nitrogens is 3. The molecular formula is C16H17N5. The number of nitrogens with zero attached hydrogens (tertiary/aromatic N) is 4. The fourth-order valence-corrected chi connectivity index (χ4v) is 3.04. The highest BCUT2D eigenvalue weighted by atomic mass is 15.3. The standard InChI is InChI=1S/C16H17N5/c1-11-8-14(10-21-15(11)18-16(17)19-21)20-7-6-12-4-2-3-5-13(12)9-20/h2-5,8,10H,6-7,9H2,1H3,(H2,17,19). The molecule has 0 bridgehead atoms. The molecule has 0 aliphatic carbocycles. The zero-order chi connectivity index (χ0) is 14.4. The van der Waals surface area contributed by atoms with E-state index in [2.05, 4.69) is 45.3 Å². The highest BCUT2D eigenvalue weighted by Gasteiger charge is 2.17. The summed E-state index contributed by atoms with van der Waals surface area (Å²) in [5, 5.41) is 4.23. The normalized spacial score (nSPS) is 14.4. The van der Waals surface area contributed by atoms with Crippen LogP contribution in [-0.2, 0) is 13.0 Å². The molecule has 0 fully saturated rings. The Balaban J connectivity index is 1.74. The van der Waals surface area contributed by atoms with Crippen molar-refractivity contribution in [3.8, 4) is 0 Å². The zero-order valence-electron chi connectivity index (χ0n) is 12.0. The van der Waals surface area contributed by atoms with E-state index >= 15 is 0 Å². The Labute approximate surface area is 123 Å². The maximum Gasteiger partial charge on any atom is 0.240 e. The van der Waals surface area contributed by atoms with Crippen LogP contribution in [0.5, 0.6) is 0 Å². The predicted octanol–water partition coefficient (Wildman–Crippen LogP) is 2.18. The van der Waals surface area contributed by atoms with E-state index in [-0.39, 0.29) is 0 Å². The van der Waals surface area contributed by atoms with Gasteiger partial charge in [0.15, 0.2) is 5.65 Å². The van der Waals surface area contributed by atoms with Crippen LogP contribution < -0.4 is 10.6 Å². The smallest absolute Gasteiger partial charge is 0.240 e. The van der Waals surface area contributed by atoms with Crippen LogP contribution in [0.4, 0.5) is 11.6 Å². The molecule has 0 amide bonds. The highest BCUT2D eigenvalue weighted by Crippen LogP contribution is 2.26. The minimum Gasteiger partial charge on any atom is -0.366 e. The molecule has 106 valence electrons. The maximum absolute atomic E-state index is 5.69. The van der Waals surface area contributed by atoms with Gasteiger partial charge in [-0.15, -0.1) is 5.10 Å². The summed E-state index contributed by atoms with van der Waals surface area (Å²) in [4.78, 5) is 6.63. The van der Waals surface area contributed by atoms with Gasteiger partial charge in [-0.3, -0.25) is 0 Å². The summed E-state index contributed by atoms with van der Waals surface area (Å²) in [6.45, 7) is 4.00. The fraction of sp³-hybridized carbons (Fsp3) is 0.250. The van der Waals surface area contributed by atoms with Gasteiger partial charge in [0, 0.05) is 13.1 Å². The molecule has 5 nitrogen and oxygen atoms in total. The number of fused-ring (bicyclic) bond motifs is 2. The predicted molar refractivity (Wildman–Crippen MR) is 83.3 cm³/mol. The number of hydrogen-bond donors (Lipinski definition) is 1. The Hall–Kier alpha value is -2.56. The number of aryl methyl sites for hydroxylation is 1. The summed E-state index contributed by atoms with van der Waals surface area (Å²) in [5.74, 6) is 0.319. The van der Waals surface area contributed by atoms with E-state index in [4.69, 9.17) is 5.73 Å². The van der Waals surface area contributed by atoms with Gasteiger partial charge in [-0.05, 0) is 36.1 Å². The molecule has 0 spiro atoms. The molecule has 1 aliphatic rings. The van der Waals surface area contributed by atoms with Crippen LogP contribution in [0.2, 0.25) is 0 Å². The van der Waals surface area contributed by atoms with Gasteiger partial charge in [-0.25, -0.2) is 4.52 Å². The van der Waals surface area contributed by atoms with Gasteiger partial charge in [0.25, 0.3) is 0 Å². The monoisotopic (exact) mass is 279 g/mol. The van der Waals surface area contributed by atoms with E-state index in [1.54, 1.807) is 4.52 Å². The fourth-order valence-electron chi connectivity index (χ4n) is 3.04.